The molecule has 2 aromatic rings. The maximum Gasteiger partial charge on any atom is 0.249 e. The molecule has 5 nitrogen and oxygen atoms in total. The number of carbonyl (C=O) groups is 2. The molecule has 2 heterocycles. The van der Waals surface area contributed by atoms with E-state index in [-0.39, 0.29) is 24.1 Å². The number of nitrogens with zero attached hydrogens (tertiary/aromatic N) is 2. The molecular formula is C28H32F3N3O2. The average molecular weight is 500 g/mol. The van der Waals surface area contributed by atoms with Crippen LogP contribution in [0.3, 0.4) is 0 Å². The second-order valence-corrected chi connectivity index (χ2v) is 9.66. The predicted octanol–water partition coefficient (Wildman–Crippen LogP) is 4.71. The fourth-order valence-electron chi connectivity index (χ4n) is 5.19. The van der Waals surface area contributed by atoms with Crippen molar-refractivity contribution in [3.8, 4) is 0 Å². The average Bonchev–Trinajstić information content (AvgIpc) is 2.87. The van der Waals surface area contributed by atoms with Crippen LogP contribution in [0.4, 0.5) is 13.2 Å². The summed E-state index contributed by atoms with van der Waals surface area (Å²) in [5.41, 5.74) is 2.51. The van der Waals surface area contributed by atoms with Crippen molar-refractivity contribution in [2.24, 2.45) is 0 Å². The third-order valence-corrected chi connectivity index (χ3v) is 7.45. The molecule has 0 spiro atoms. The number of allylic oxidation sites excluding steroid dienone is 1. The Morgan fingerprint density at radius 2 is 1.67 bits per heavy atom. The zero-order valence-electron chi connectivity index (χ0n) is 20.7. The Kier molecular flexibility index (Phi) is 8.14. The third kappa shape index (κ3) is 5.81. The van der Waals surface area contributed by atoms with E-state index < -0.39 is 17.6 Å². The van der Waals surface area contributed by atoms with Crippen LogP contribution in [0.5, 0.6) is 0 Å². The first-order valence-corrected chi connectivity index (χ1v) is 12.4. The van der Waals surface area contributed by atoms with E-state index in [1.165, 1.54) is 28.7 Å². The Morgan fingerprint density at radius 1 is 1.00 bits per heavy atom. The van der Waals surface area contributed by atoms with Gasteiger partial charge in [-0.15, -0.1) is 0 Å². The van der Waals surface area contributed by atoms with Crippen LogP contribution >= 0.6 is 0 Å². The molecular weight excluding hydrogens is 467 g/mol. The quantitative estimate of drug-likeness (QED) is 0.562. The van der Waals surface area contributed by atoms with Crippen molar-refractivity contribution in [2.45, 2.75) is 44.4 Å². The van der Waals surface area contributed by atoms with E-state index in [0.717, 1.165) is 51.0 Å². The molecule has 8 heteroatoms. The van der Waals surface area contributed by atoms with Crippen molar-refractivity contribution >= 4 is 11.8 Å². The van der Waals surface area contributed by atoms with Crippen LogP contribution in [0.15, 0.2) is 53.7 Å². The summed E-state index contributed by atoms with van der Waals surface area (Å²) in [5.74, 6) is -2.85. The monoisotopic (exact) mass is 499 g/mol. The molecule has 0 bridgehead atoms. The number of nitrogens with one attached hydrogen (secondary N) is 1. The molecule has 36 heavy (non-hydrogen) atoms. The first-order valence-electron chi connectivity index (χ1n) is 12.4. The van der Waals surface area contributed by atoms with E-state index in [2.05, 4.69) is 10.2 Å². The van der Waals surface area contributed by atoms with E-state index in [1.807, 2.05) is 12.1 Å². The molecule has 1 saturated heterocycles. The summed E-state index contributed by atoms with van der Waals surface area (Å²) < 4.78 is 40.5. The third-order valence-electron chi connectivity index (χ3n) is 7.45. The molecule has 0 saturated carbocycles. The van der Waals surface area contributed by atoms with Gasteiger partial charge in [-0.2, -0.15) is 0 Å². The highest BCUT2D eigenvalue weighted by Crippen LogP contribution is 2.36. The van der Waals surface area contributed by atoms with Crippen LogP contribution in [-0.2, 0) is 9.59 Å². The Hall–Kier alpha value is -3.13. The van der Waals surface area contributed by atoms with Gasteiger partial charge in [-0.05, 0) is 87.1 Å². The molecule has 1 atom stereocenters. The van der Waals surface area contributed by atoms with E-state index in [9.17, 15) is 22.8 Å². The normalized spacial score (nSPS) is 19.6. The maximum absolute atomic E-state index is 13.9. The Morgan fingerprint density at radius 3 is 2.33 bits per heavy atom. The zero-order valence-corrected chi connectivity index (χ0v) is 20.7. The summed E-state index contributed by atoms with van der Waals surface area (Å²) >= 11 is 0. The van der Waals surface area contributed by atoms with Gasteiger partial charge in [0, 0.05) is 37.2 Å². The number of likely N-dealkylation sites (tertiary alicyclic amines) is 1. The summed E-state index contributed by atoms with van der Waals surface area (Å²) in [7, 11) is 1.61. The molecule has 2 amide bonds. The number of amides is 2. The Balaban J connectivity index is 1.31. The van der Waals surface area contributed by atoms with Crippen LogP contribution in [0.25, 0.3) is 0 Å². The summed E-state index contributed by atoms with van der Waals surface area (Å²) in [6.07, 6.45) is 2.81. The van der Waals surface area contributed by atoms with E-state index in [4.69, 9.17) is 0 Å². The fourth-order valence-corrected chi connectivity index (χ4v) is 5.19. The van der Waals surface area contributed by atoms with Crippen LogP contribution in [0.2, 0.25) is 0 Å². The van der Waals surface area contributed by atoms with Gasteiger partial charge in [0.15, 0.2) is 11.6 Å². The van der Waals surface area contributed by atoms with E-state index in [0.29, 0.717) is 29.3 Å². The minimum Gasteiger partial charge on any atom is -0.352 e. The topological polar surface area (TPSA) is 52.7 Å². The summed E-state index contributed by atoms with van der Waals surface area (Å²) in [5, 5.41) is 2.96. The number of rotatable bonds is 7. The molecule has 0 aromatic heterocycles. The predicted molar refractivity (Wildman–Crippen MR) is 132 cm³/mol. The largest absolute Gasteiger partial charge is 0.352 e. The lowest BCUT2D eigenvalue weighted by Crippen LogP contribution is -2.40. The van der Waals surface area contributed by atoms with Crippen LogP contribution < -0.4 is 5.32 Å². The van der Waals surface area contributed by atoms with Gasteiger partial charge < -0.3 is 15.1 Å². The van der Waals surface area contributed by atoms with Gasteiger partial charge in [0.25, 0.3) is 0 Å². The van der Waals surface area contributed by atoms with Crippen molar-refractivity contribution in [2.75, 3.05) is 33.2 Å². The fraction of sp³-hybridized carbons (Fsp3) is 0.429. The smallest absolute Gasteiger partial charge is 0.249 e. The van der Waals surface area contributed by atoms with Gasteiger partial charge >= 0.3 is 0 Å². The first kappa shape index (κ1) is 25.9. The van der Waals surface area contributed by atoms with E-state index >= 15 is 0 Å². The van der Waals surface area contributed by atoms with Crippen molar-refractivity contribution in [1.82, 2.24) is 15.1 Å². The lowest BCUT2D eigenvalue weighted by Gasteiger charge is -2.33. The summed E-state index contributed by atoms with van der Waals surface area (Å²) in [6, 6.07) is 10.3. The highest BCUT2D eigenvalue weighted by Gasteiger charge is 2.35. The summed E-state index contributed by atoms with van der Waals surface area (Å²) in [6.45, 7) is 4.91. The van der Waals surface area contributed by atoms with Gasteiger partial charge in [-0.25, -0.2) is 13.2 Å². The first-order chi connectivity index (χ1) is 17.2. The molecule has 1 fully saturated rings. The number of carbonyl (C=O) groups excluding carboxylic acids is 2. The van der Waals surface area contributed by atoms with E-state index in [1.54, 1.807) is 14.0 Å². The van der Waals surface area contributed by atoms with Crippen LogP contribution in [-0.4, -0.2) is 54.8 Å². The second-order valence-electron chi connectivity index (χ2n) is 9.66. The zero-order chi connectivity index (χ0) is 25.8. The second kappa shape index (κ2) is 11.3. The lowest BCUT2D eigenvalue weighted by molar-refractivity contribution is -0.129. The number of halogens is 3. The number of benzene rings is 2. The molecule has 0 aliphatic carbocycles. The SMILES string of the molecule is CC1=C(C(=O)NCCCN2CCC(c3ccc(F)cc3)CC2)[C@H](c2ccc(F)c(F)c2)CC(=O)N1C. The van der Waals surface area contributed by atoms with Crippen molar-refractivity contribution in [1.29, 1.82) is 0 Å². The number of hydrogen-bond acceptors (Lipinski definition) is 3. The molecule has 2 aromatic carbocycles. The van der Waals surface area contributed by atoms with Crippen molar-refractivity contribution < 1.29 is 22.8 Å². The van der Waals surface area contributed by atoms with Crippen molar-refractivity contribution in [3.63, 3.8) is 0 Å². The maximum atomic E-state index is 13.9. The number of hydrogen-bond donors (Lipinski definition) is 1. The Labute approximate surface area is 210 Å². The van der Waals surface area contributed by atoms with Gasteiger partial charge in [0.05, 0.1) is 0 Å². The van der Waals surface area contributed by atoms with Gasteiger partial charge in [-0.1, -0.05) is 18.2 Å². The molecule has 1 N–H and O–H groups in total. The minimum absolute atomic E-state index is 0.0185. The molecule has 0 radical (unpaired) electrons. The molecule has 2 aliphatic heterocycles. The lowest BCUT2D eigenvalue weighted by atomic mass is 9.83. The highest BCUT2D eigenvalue weighted by molar-refractivity contribution is 5.99. The Bertz CT molecular complexity index is 1140. The highest BCUT2D eigenvalue weighted by atomic mass is 19.2. The standard InChI is InChI=1S/C28H32F3N3O2/c1-18-27(23(17-26(35)33(18)2)21-6-9-24(30)25(31)16-21)28(36)32-12-3-13-34-14-10-20(11-15-34)19-4-7-22(29)8-5-19/h4-9,16,20,23H,3,10-15,17H2,1-2H3,(H,32,36)/t23-/m0/s1. The number of piperidine rings is 1. The minimum atomic E-state index is -1.00. The van der Waals surface area contributed by atoms with Gasteiger partial charge in [0.1, 0.15) is 5.82 Å². The van der Waals surface area contributed by atoms with Crippen LogP contribution in [0.1, 0.15) is 55.6 Å². The van der Waals surface area contributed by atoms with Gasteiger partial charge in [-0.3, -0.25) is 9.59 Å². The van der Waals surface area contributed by atoms with Crippen molar-refractivity contribution in [3.05, 3.63) is 82.3 Å². The summed E-state index contributed by atoms with van der Waals surface area (Å²) in [4.78, 5) is 29.4. The van der Waals surface area contributed by atoms with Crippen LogP contribution in [0, 0.1) is 17.5 Å². The van der Waals surface area contributed by atoms with Gasteiger partial charge in [0.2, 0.25) is 11.8 Å². The molecule has 2 aliphatic rings. The molecule has 0 unspecified atom stereocenters. The molecule has 4 rings (SSSR count). The molecule has 192 valence electrons.